The summed E-state index contributed by atoms with van der Waals surface area (Å²) in [7, 11) is 0. The molecule has 0 aliphatic carbocycles. The monoisotopic (exact) mass is 445 g/mol. The molecule has 2 aromatic carbocycles. The highest BCUT2D eigenvalue weighted by atomic mass is 19.1. The summed E-state index contributed by atoms with van der Waals surface area (Å²) in [5, 5.41) is 30.5. The number of fused-ring (bicyclic) bond motifs is 1. The normalized spacial score (nSPS) is 19.1. The fraction of sp³-hybridized carbons (Fsp3) is 0.364. The van der Waals surface area contributed by atoms with Gasteiger partial charge in [0.2, 0.25) is 0 Å². The Labute approximate surface area is 183 Å². The van der Waals surface area contributed by atoms with Gasteiger partial charge in [-0.3, -0.25) is 9.69 Å². The predicted octanol–water partition coefficient (Wildman–Crippen LogP) is 1.65. The van der Waals surface area contributed by atoms with E-state index in [1.165, 1.54) is 12.1 Å². The van der Waals surface area contributed by atoms with Crippen molar-refractivity contribution in [2.45, 2.75) is 12.3 Å². The summed E-state index contributed by atoms with van der Waals surface area (Å²) in [6.07, 6.45) is -3.91. The van der Waals surface area contributed by atoms with Crippen molar-refractivity contribution >= 4 is 23.4 Å². The summed E-state index contributed by atoms with van der Waals surface area (Å²) < 4.78 is 20.0. The van der Waals surface area contributed by atoms with E-state index in [1.807, 2.05) is 4.90 Å². The minimum Gasteiger partial charge on any atom is -0.465 e. The third kappa shape index (κ3) is 4.24. The highest BCUT2D eigenvalue weighted by molar-refractivity contribution is 5.99. The zero-order valence-corrected chi connectivity index (χ0v) is 17.2. The average molecular weight is 445 g/mol. The number of hydrogen-bond donors (Lipinski definition) is 3. The fourth-order valence-corrected chi connectivity index (χ4v) is 4.05. The second kappa shape index (κ2) is 9.11. The molecule has 2 unspecified atom stereocenters. The van der Waals surface area contributed by atoms with Crippen LogP contribution in [0.4, 0.5) is 20.6 Å². The summed E-state index contributed by atoms with van der Waals surface area (Å²) in [6, 6.07) is 10.6. The van der Waals surface area contributed by atoms with Gasteiger partial charge in [0.25, 0.3) is 5.91 Å². The molecule has 170 valence electrons. The van der Waals surface area contributed by atoms with Crippen LogP contribution in [0.25, 0.3) is 0 Å². The van der Waals surface area contributed by atoms with E-state index >= 15 is 0 Å². The van der Waals surface area contributed by atoms with Crippen LogP contribution in [0, 0.1) is 5.82 Å². The summed E-state index contributed by atoms with van der Waals surface area (Å²) in [4.78, 5) is 28.1. The highest BCUT2D eigenvalue weighted by Crippen LogP contribution is 2.32. The molecule has 0 spiro atoms. The Bertz CT molecular complexity index is 1010. The molecule has 2 aromatic rings. The number of aliphatic hydroxyl groups is 2. The van der Waals surface area contributed by atoms with Crippen molar-refractivity contribution in [3.05, 3.63) is 59.4 Å². The second-order valence-corrected chi connectivity index (χ2v) is 7.70. The van der Waals surface area contributed by atoms with E-state index < -0.39 is 36.7 Å². The van der Waals surface area contributed by atoms with Gasteiger partial charge < -0.3 is 29.9 Å². The quantitative estimate of drug-likeness (QED) is 0.620. The molecule has 0 aromatic heterocycles. The Balaban J connectivity index is 1.46. The molecule has 32 heavy (non-hydrogen) atoms. The predicted molar refractivity (Wildman–Crippen MR) is 113 cm³/mol. The van der Waals surface area contributed by atoms with Crippen LogP contribution in [0.5, 0.6) is 0 Å². The van der Waals surface area contributed by atoms with Crippen molar-refractivity contribution in [3.63, 3.8) is 0 Å². The van der Waals surface area contributed by atoms with Gasteiger partial charge in [0.15, 0.2) is 6.23 Å². The largest absolute Gasteiger partial charge is 0.465 e. The van der Waals surface area contributed by atoms with Gasteiger partial charge >= 0.3 is 6.09 Å². The Kier molecular flexibility index (Phi) is 6.26. The molecule has 0 saturated carbocycles. The van der Waals surface area contributed by atoms with E-state index in [9.17, 15) is 29.3 Å². The standard InChI is InChI=1S/C22H24FN3O6/c23-18-11-14(5-6-19(18)24-7-9-32-10-8-24)25(22(30)31)12-15(27)13-26-20(28)16-3-1-2-4-17(16)21(26)29/h1-6,11,15,20,27-28H,7-10,12-13H2,(H,30,31). The molecule has 9 nitrogen and oxygen atoms in total. The minimum atomic E-state index is -1.38. The molecule has 2 heterocycles. The summed E-state index contributed by atoms with van der Waals surface area (Å²) in [5.41, 5.74) is 1.18. The maximum absolute atomic E-state index is 14.7. The molecule has 3 N–H and O–H groups in total. The molecule has 2 aliphatic heterocycles. The first kappa shape index (κ1) is 22.0. The van der Waals surface area contributed by atoms with Crippen molar-refractivity contribution in [1.82, 2.24) is 4.90 Å². The van der Waals surface area contributed by atoms with Crippen LogP contribution in [0.2, 0.25) is 0 Å². The van der Waals surface area contributed by atoms with Crippen molar-refractivity contribution in [2.75, 3.05) is 49.2 Å². The van der Waals surface area contributed by atoms with Crippen LogP contribution >= 0.6 is 0 Å². The molecule has 1 saturated heterocycles. The Morgan fingerprint density at radius 3 is 2.59 bits per heavy atom. The molecule has 0 bridgehead atoms. The van der Waals surface area contributed by atoms with Crippen molar-refractivity contribution < 1.29 is 34.0 Å². The number of anilines is 2. The third-order valence-corrected chi connectivity index (χ3v) is 5.65. The number of carbonyl (C=O) groups excluding carboxylic acids is 1. The van der Waals surface area contributed by atoms with E-state index in [4.69, 9.17) is 4.74 Å². The lowest BCUT2D eigenvalue weighted by Crippen LogP contribution is -2.43. The maximum atomic E-state index is 14.7. The molecule has 0 radical (unpaired) electrons. The molecule has 2 aliphatic rings. The number of benzene rings is 2. The summed E-state index contributed by atoms with van der Waals surface area (Å²) in [6.45, 7) is 1.35. The average Bonchev–Trinajstić information content (AvgIpc) is 3.03. The number of carbonyl (C=O) groups is 2. The van der Waals surface area contributed by atoms with Gasteiger partial charge in [-0.15, -0.1) is 0 Å². The second-order valence-electron chi connectivity index (χ2n) is 7.70. The van der Waals surface area contributed by atoms with Crippen molar-refractivity contribution in [3.8, 4) is 0 Å². The number of ether oxygens (including phenoxy) is 1. The highest BCUT2D eigenvalue weighted by Gasteiger charge is 2.36. The Morgan fingerprint density at radius 1 is 1.22 bits per heavy atom. The number of amides is 2. The number of morpholine rings is 1. The van der Waals surface area contributed by atoms with Gasteiger partial charge in [0.1, 0.15) is 5.82 Å². The van der Waals surface area contributed by atoms with E-state index in [0.29, 0.717) is 43.1 Å². The molecule has 10 heteroatoms. The zero-order chi connectivity index (χ0) is 22.8. The molecule has 4 rings (SSSR count). The lowest BCUT2D eigenvalue weighted by atomic mass is 10.1. The number of hydrogen-bond acceptors (Lipinski definition) is 6. The molecule has 2 amide bonds. The lowest BCUT2D eigenvalue weighted by molar-refractivity contribution is -0.00212. The first-order valence-electron chi connectivity index (χ1n) is 10.3. The van der Waals surface area contributed by atoms with Crippen LogP contribution in [-0.4, -0.2) is 77.7 Å². The van der Waals surface area contributed by atoms with Gasteiger partial charge in [-0.1, -0.05) is 18.2 Å². The third-order valence-electron chi connectivity index (χ3n) is 5.65. The maximum Gasteiger partial charge on any atom is 0.411 e. The van der Waals surface area contributed by atoms with Crippen molar-refractivity contribution in [2.24, 2.45) is 0 Å². The van der Waals surface area contributed by atoms with Gasteiger partial charge in [0, 0.05) is 24.2 Å². The topological polar surface area (TPSA) is 114 Å². The van der Waals surface area contributed by atoms with Gasteiger partial charge in [-0.2, -0.15) is 0 Å². The summed E-state index contributed by atoms with van der Waals surface area (Å²) in [5.74, 6) is -1.03. The zero-order valence-electron chi connectivity index (χ0n) is 17.2. The number of halogens is 1. The number of rotatable bonds is 6. The van der Waals surface area contributed by atoms with Gasteiger partial charge in [-0.25, -0.2) is 9.18 Å². The molecular formula is C22H24FN3O6. The SMILES string of the molecule is O=C(O)N(CC(O)CN1C(=O)c2ccccc2C1O)c1ccc(N2CCOCC2)c(F)c1. The lowest BCUT2D eigenvalue weighted by Gasteiger charge is -2.30. The number of carboxylic acid groups (broad SMARTS) is 1. The smallest absolute Gasteiger partial charge is 0.411 e. The fourth-order valence-electron chi connectivity index (χ4n) is 4.05. The van der Waals surface area contributed by atoms with E-state index in [2.05, 4.69) is 0 Å². The first-order chi connectivity index (χ1) is 15.4. The van der Waals surface area contributed by atoms with Gasteiger partial charge in [-0.05, 0) is 24.3 Å². The number of nitrogens with zero attached hydrogens (tertiary/aromatic N) is 3. The van der Waals surface area contributed by atoms with E-state index in [1.54, 1.807) is 24.3 Å². The van der Waals surface area contributed by atoms with Crippen LogP contribution in [-0.2, 0) is 4.74 Å². The molecule has 1 fully saturated rings. The van der Waals surface area contributed by atoms with Crippen molar-refractivity contribution in [1.29, 1.82) is 0 Å². The Morgan fingerprint density at radius 2 is 1.94 bits per heavy atom. The van der Waals surface area contributed by atoms with E-state index in [0.717, 1.165) is 15.9 Å². The minimum absolute atomic E-state index is 0.0580. The van der Waals surface area contributed by atoms with Crippen LogP contribution in [0.1, 0.15) is 22.1 Å². The number of aliphatic hydroxyl groups excluding tert-OH is 2. The molecular weight excluding hydrogens is 421 g/mol. The van der Waals surface area contributed by atoms with Crippen LogP contribution < -0.4 is 9.80 Å². The molecule has 2 atom stereocenters. The van der Waals surface area contributed by atoms with Crippen LogP contribution in [0.15, 0.2) is 42.5 Å². The van der Waals surface area contributed by atoms with Gasteiger partial charge in [0.05, 0.1) is 43.8 Å². The summed E-state index contributed by atoms with van der Waals surface area (Å²) >= 11 is 0. The number of β-amino-alcohol motifs (C(OH)–C–C–N with tert-alkyl or cyclic N) is 1. The van der Waals surface area contributed by atoms with Crippen LogP contribution in [0.3, 0.4) is 0 Å². The van der Waals surface area contributed by atoms with E-state index in [-0.39, 0.29) is 12.2 Å². The Hall–Kier alpha value is -3.21. The first-order valence-corrected chi connectivity index (χ1v) is 10.3.